The normalized spacial score (nSPS) is 10.5. The van der Waals surface area contributed by atoms with Gasteiger partial charge in [0.25, 0.3) is 0 Å². The Balaban J connectivity index is 2.25. The van der Waals surface area contributed by atoms with Crippen molar-refractivity contribution in [3.05, 3.63) is 28.2 Å². The highest BCUT2D eigenvalue weighted by Gasteiger charge is 2.00. The Bertz CT molecular complexity index is 331. The second-order valence-corrected chi connectivity index (χ2v) is 4.81. The number of ether oxygens (including phenoxy) is 1. The summed E-state index contributed by atoms with van der Waals surface area (Å²) in [5.41, 5.74) is 1.27. The van der Waals surface area contributed by atoms with E-state index in [1.54, 1.807) is 7.11 Å². The van der Waals surface area contributed by atoms with Gasteiger partial charge in [-0.3, -0.25) is 0 Å². The van der Waals surface area contributed by atoms with Crippen LogP contribution in [0.1, 0.15) is 18.4 Å². The van der Waals surface area contributed by atoms with Crippen LogP contribution in [0.2, 0.25) is 0 Å². The minimum absolute atomic E-state index is 0.878. The number of hydrogen-bond acceptors (Lipinski definition) is 3. The number of halogens is 1. The smallest absolute Gasteiger partial charge is 0.133 e. The summed E-state index contributed by atoms with van der Waals surface area (Å²) in [6, 6.07) is 6.17. The molecule has 0 radical (unpaired) electrons. The Morgan fingerprint density at radius 1 is 1.24 bits per heavy atom. The number of hydrogen-bond donors (Lipinski definition) is 2. The van der Waals surface area contributed by atoms with Crippen molar-refractivity contribution >= 4 is 15.9 Å². The molecule has 0 spiro atoms. The highest BCUT2D eigenvalue weighted by Crippen LogP contribution is 2.25. The zero-order valence-electron chi connectivity index (χ0n) is 10.6. The first-order valence-electron chi connectivity index (χ1n) is 5.95. The third-order valence-corrected chi connectivity index (χ3v) is 3.20. The molecule has 0 saturated carbocycles. The summed E-state index contributed by atoms with van der Waals surface area (Å²) in [5, 5.41) is 6.58. The number of rotatable bonds is 8. The molecule has 17 heavy (non-hydrogen) atoms. The second-order valence-electron chi connectivity index (χ2n) is 3.96. The molecule has 0 heterocycles. The molecule has 0 unspecified atom stereocenters. The summed E-state index contributed by atoms with van der Waals surface area (Å²) in [6.07, 6.45) is 2.42. The summed E-state index contributed by atoms with van der Waals surface area (Å²) in [7, 11) is 3.67. The zero-order chi connectivity index (χ0) is 12.5. The Hall–Kier alpha value is -0.580. The van der Waals surface area contributed by atoms with Gasteiger partial charge in [0.2, 0.25) is 0 Å². The van der Waals surface area contributed by atoms with Gasteiger partial charge in [-0.2, -0.15) is 0 Å². The number of benzene rings is 1. The fourth-order valence-corrected chi connectivity index (χ4v) is 2.19. The highest BCUT2D eigenvalue weighted by atomic mass is 79.9. The van der Waals surface area contributed by atoms with Crippen molar-refractivity contribution in [1.29, 1.82) is 0 Å². The van der Waals surface area contributed by atoms with Crippen LogP contribution in [0.25, 0.3) is 0 Å². The fraction of sp³-hybridized carbons (Fsp3) is 0.538. The third-order valence-electron chi connectivity index (χ3n) is 2.58. The van der Waals surface area contributed by atoms with E-state index in [1.807, 2.05) is 13.1 Å². The molecule has 1 rings (SSSR count). The Labute approximate surface area is 112 Å². The molecular weight excluding hydrogens is 280 g/mol. The van der Waals surface area contributed by atoms with Gasteiger partial charge >= 0.3 is 0 Å². The number of unbranched alkanes of at least 4 members (excludes halogenated alkanes) is 1. The quantitative estimate of drug-likeness (QED) is 0.724. The van der Waals surface area contributed by atoms with E-state index in [0.29, 0.717) is 0 Å². The lowest BCUT2D eigenvalue weighted by atomic mass is 10.2. The van der Waals surface area contributed by atoms with Crippen molar-refractivity contribution < 1.29 is 4.74 Å². The van der Waals surface area contributed by atoms with E-state index in [-0.39, 0.29) is 0 Å². The van der Waals surface area contributed by atoms with Gasteiger partial charge in [-0.1, -0.05) is 6.07 Å². The van der Waals surface area contributed by atoms with E-state index in [9.17, 15) is 0 Å². The average Bonchev–Trinajstić information content (AvgIpc) is 2.34. The molecule has 0 aromatic heterocycles. The minimum Gasteiger partial charge on any atom is -0.496 e. The van der Waals surface area contributed by atoms with Crippen LogP contribution in [0.3, 0.4) is 0 Å². The lowest BCUT2D eigenvalue weighted by Gasteiger charge is -2.07. The van der Waals surface area contributed by atoms with Crippen LogP contribution in [0.5, 0.6) is 5.75 Å². The molecule has 4 heteroatoms. The molecule has 0 atom stereocenters. The highest BCUT2D eigenvalue weighted by molar-refractivity contribution is 9.10. The van der Waals surface area contributed by atoms with Gasteiger partial charge in [-0.05, 0) is 66.6 Å². The Kier molecular flexibility index (Phi) is 7.24. The fourth-order valence-electron chi connectivity index (χ4n) is 1.60. The van der Waals surface area contributed by atoms with Gasteiger partial charge in [0.05, 0.1) is 11.6 Å². The van der Waals surface area contributed by atoms with Gasteiger partial charge in [-0.25, -0.2) is 0 Å². The molecule has 0 saturated heterocycles. The van der Waals surface area contributed by atoms with Crippen LogP contribution >= 0.6 is 15.9 Å². The predicted octanol–water partition coefficient (Wildman–Crippen LogP) is 2.55. The summed E-state index contributed by atoms with van der Waals surface area (Å²) >= 11 is 3.49. The molecule has 0 bridgehead atoms. The molecule has 2 N–H and O–H groups in total. The van der Waals surface area contributed by atoms with Crippen molar-refractivity contribution in [2.75, 3.05) is 27.2 Å². The lowest BCUT2D eigenvalue weighted by Crippen LogP contribution is -2.16. The topological polar surface area (TPSA) is 33.3 Å². The predicted molar refractivity (Wildman–Crippen MR) is 75.6 cm³/mol. The van der Waals surface area contributed by atoms with Crippen LogP contribution in [-0.4, -0.2) is 27.2 Å². The molecule has 0 aliphatic carbocycles. The van der Waals surface area contributed by atoms with E-state index in [2.05, 4.69) is 38.7 Å². The van der Waals surface area contributed by atoms with Crippen LogP contribution in [-0.2, 0) is 6.54 Å². The number of methoxy groups -OCH3 is 1. The first-order chi connectivity index (χ1) is 8.27. The second kappa shape index (κ2) is 8.50. The maximum absolute atomic E-state index is 5.20. The molecule has 1 aromatic carbocycles. The van der Waals surface area contributed by atoms with E-state index >= 15 is 0 Å². The number of nitrogens with one attached hydrogen (secondary N) is 2. The average molecular weight is 301 g/mol. The van der Waals surface area contributed by atoms with Gasteiger partial charge in [-0.15, -0.1) is 0 Å². The monoisotopic (exact) mass is 300 g/mol. The molecular formula is C13H21BrN2O. The van der Waals surface area contributed by atoms with Gasteiger partial charge in [0.1, 0.15) is 5.75 Å². The SMILES string of the molecule is CNCCCCNCc1ccc(OC)c(Br)c1. The van der Waals surface area contributed by atoms with Crippen LogP contribution in [0.15, 0.2) is 22.7 Å². The van der Waals surface area contributed by atoms with Gasteiger partial charge in [0.15, 0.2) is 0 Å². The molecule has 0 aliphatic rings. The van der Waals surface area contributed by atoms with E-state index in [0.717, 1.165) is 29.9 Å². The summed E-state index contributed by atoms with van der Waals surface area (Å²) < 4.78 is 6.20. The first kappa shape index (κ1) is 14.5. The van der Waals surface area contributed by atoms with Crippen molar-refractivity contribution in [2.24, 2.45) is 0 Å². The molecule has 0 fully saturated rings. The van der Waals surface area contributed by atoms with Crippen LogP contribution in [0, 0.1) is 0 Å². The van der Waals surface area contributed by atoms with E-state index < -0.39 is 0 Å². The molecule has 1 aromatic rings. The third kappa shape index (κ3) is 5.52. The van der Waals surface area contributed by atoms with Crippen molar-refractivity contribution in [1.82, 2.24) is 10.6 Å². The molecule has 3 nitrogen and oxygen atoms in total. The zero-order valence-corrected chi connectivity index (χ0v) is 12.1. The maximum atomic E-state index is 5.20. The van der Waals surface area contributed by atoms with Gasteiger partial charge in [0, 0.05) is 6.54 Å². The molecule has 96 valence electrons. The van der Waals surface area contributed by atoms with Crippen LogP contribution in [0.4, 0.5) is 0 Å². The first-order valence-corrected chi connectivity index (χ1v) is 6.75. The van der Waals surface area contributed by atoms with Crippen molar-refractivity contribution in [2.45, 2.75) is 19.4 Å². The summed E-state index contributed by atoms with van der Waals surface area (Å²) in [6.45, 7) is 3.06. The van der Waals surface area contributed by atoms with Crippen molar-refractivity contribution in [3.8, 4) is 5.75 Å². The van der Waals surface area contributed by atoms with Crippen LogP contribution < -0.4 is 15.4 Å². The summed E-state index contributed by atoms with van der Waals surface area (Å²) in [4.78, 5) is 0. The maximum Gasteiger partial charge on any atom is 0.133 e. The molecule has 0 aliphatic heterocycles. The minimum atomic E-state index is 0.878. The van der Waals surface area contributed by atoms with Crippen molar-refractivity contribution in [3.63, 3.8) is 0 Å². The Morgan fingerprint density at radius 3 is 2.65 bits per heavy atom. The largest absolute Gasteiger partial charge is 0.496 e. The Morgan fingerprint density at radius 2 is 2.00 bits per heavy atom. The summed E-state index contributed by atoms with van der Waals surface area (Å²) in [5.74, 6) is 0.878. The van der Waals surface area contributed by atoms with E-state index in [4.69, 9.17) is 4.74 Å². The molecule has 0 amide bonds. The van der Waals surface area contributed by atoms with E-state index in [1.165, 1.54) is 18.4 Å². The van der Waals surface area contributed by atoms with Gasteiger partial charge < -0.3 is 15.4 Å². The lowest BCUT2D eigenvalue weighted by molar-refractivity contribution is 0.412. The standard InChI is InChI=1S/C13H21BrN2O/c1-15-7-3-4-8-16-10-11-5-6-13(17-2)12(14)9-11/h5-6,9,15-16H,3-4,7-8,10H2,1-2H3.